The Morgan fingerprint density at radius 2 is 1.80 bits per heavy atom. The average Bonchev–Trinajstić information content (AvgIpc) is 2.67. The zero-order valence-corrected chi connectivity index (χ0v) is 13.4. The molecular formula is C19H15N3O3. The van der Waals surface area contributed by atoms with Crippen molar-refractivity contribution in [3.8, 4) is 12.1 Å². The van der Waals surface area contributed by atoms with E-state index in [0.29, 0.717) is 11.3 Å². The highest BCUT2D eigenvalue weighted by molar-refractivity contribution is 5.97. The summed E-state index contributed by atoms with van der Waals surface area (Å²) < 4.78 is 5.05. The summed E-state index contributed by atoms with van der Waals surface area (Å²) >= 11 is 0. The third-order valence-corrected chi connectivity index (χ3v) is 3.37. The predicted molar refractivity (Wildman–Crippen MR) is 90.5 cm³/mol. The zero-order valence-electron chi connectivity index (χ0n) is 13.4. The van der Waals surface area contributed by atoms with Crippen molar-refractivity contribution in [3.63, 3.8) is 0 Å². The molecule has 0 aliphatic rings. The maximum absolute atomic E-state index is 12.4. The number of para-hydroxylation sites is 1. The molecule has 6 nitrogen and oxygen atoms in total. The van der Waals surface area contributed by atoms with Gasteiger partial charge >= 0.3 is 5.97 Å². The molecule has 0 aliphatic heterocycles. The van der Waals surface area contributed by atoms with Gasteiger partial charge in [0.2, 0.25) is 0 Å². The second-order valence-electron chi connectivity index (χ2n) is 5.06. The van der Waals surface area contributed by atoms with Crippen LogP contribution in [-0.4, -0.2) is 25.0 Å². The van der Waals surface area contributed by atoms with Crippen molar-refractivity contribution in [3.05, 3.63) is 65.7 Å². The Kier molecular flexibility index (Phi) is 6.27. The summed E-state index contributed by atoms with van der Waals surface area (Å²) in [4.78, 5) is 25.8. The lowest BCUT2D eigenvalue weighted by Crippen LogP contribution is -2.35. The zero-order chi connectivity index (χ0) is 18.1. The van der Waals surface area contributed by atoms with Crippen molar-refractivity contribution in [1.29, 1.82) is 10.5 Å². The van der Waals surface area contributed by atoms with E-state index in [4.69, 9.17) is 15.3 Å². The Labute approximate surface area is 145 Å². The largest absolute Gasteiger partial charge is 0.452 e. The van der Waals surface area contributed by atoms with Gasteiger partial charge in [0.1, 0.15) is 0 Å². The van der Waals surface area contributed by atoms with E-state index >= 15 is 0 Å². The van der Waals surface area contributed by atoms with Crippen molar-refractivity contribution < 1.29 is 14.3 Å². The first-order valence-corrected chi connectivity index (χ1v) is 7.55. The molecule has 0 bridgehead atoms. The molecule has 0 radical (unpaired) electrons. The molecule has 124 valence electrons. The van der Waals surface area contributed by atoms with Crippen molar-refractivity contribution in [2.75, 3.05) is 18.1 Å². The Hall–Kier alpha value is -3.64. The van der Waals surface area contributed by atoms with Gasteiger partial charge in [0.15, 0.2) is 6.61 Å². The summed E-state index contributed by atoms with van der Waals surface area (Å²) in [6.45, 7) is -0.239. The fraction of sp³-hybridized carbons (Fsp3) is 0.158. The number of carbonyl (C=O) groups excluding carboxylic acids is 2. The summed E-state index contributed by atoms with van der Waals surface area (Å²) in [7, 11) is 0. The van der Waals surface area contributed by atoms with E-state index in [9.17, 15) is 9.59 Å². The highest BCUT2D eigenvalue weighted by atomic mass is 16.5. The van der Waals surface area contributed by atoms with E-state index < -0.39 is 18.5 Å². The van der Waals surface area contributed by atoms with Crippen molar-refractivity contribution in [2.24, 2.45) is 0 Å². The van der Waals surface area contributed by atoms with Gasteiger partial charge < -0.3 is 9.64 Å². The van der Waals surface area contributed by atoms with E-state index in [1.165, 1.54) is 17.0 Å². The van der Waals surface area contributed by atoms with Crippen LogP contribution in [-0.2, 0) is 9.53 Å². The van der Waals surface area contributed by atoms with Crippen LogP contribution < -0.4 is 4.90 Å². The third-order valence-electron chi connectivity index (χ3n) is 3.37. The predicted octanol–water partition coefficient (Wildman–Crippen LogP) is 2.66. The Morgan fingerprint density at radius 1 is 1.04 bits per heavy atom. The number of carbonyl (C=O) groups is 2. The van der Waals surface area contributed by atoms with E-state index in [1.807, 2.05) is 18.2 Å². The molecule has 0 saturated heterocycles. The van der Waals surface area contributed by atoms with Gasteiger partial charge in [0.05, 0.1) is 29.7 Å². The van der Waals surface area contributed by atoms with E-state index in [2.05, 4.69) is 0 Å². The van der Waals surface area contributed by atoms with E-state index in [0.717, 1.165) is 0 Å². The van der Waals surface area contributed by atoms with Crippen LogP contribution in [0.1, 0.15) is 22.3 Å². The summed E-state index contributed by atoms with van der Waals surface area (Å²) in [5.74, 6) is -1.11. The number of hydrogen-bond donors (Lipinski definition) is 0. The van der Waals surface area contributed by atoms with Crippen LogP contribution in [0.2, 0.25) is 0 Å². The second kappa shape index (κ2) is 8.85. The summed E-state index contributed by atoms with van der Waals surface area (Å²) in [6.07, 6.45) is 0.165. The van der Waals surface area contributed by atoms with Gasteiger partial charge in [-0.1, -0.05) is 24.3 Å². The maximum Gasteiger partial charge on any atom is 0.338 e. The Balaban J connectivity index is 2.04. The van der Waals surface area contributed by atoms with E-state index in [1.54, 1.807) is 36.4 Å². The minimum absolute atomic E-state index is 0.165. The molecule has 25 heavy (non-hydrogen) atoms. The molecule has 0 unspecified atom stereocenters. The summed E-state index contributed by atoms with van der Waals surface area (Å²) in [6, 6.07) is 18.8. The van der Waals surface area contributed by atoms with Crippen LogP contribution in [0.5, 0.6) is 0 Å². The molecule has 0 spiro atoms. The first-order valence-electron chi connectivity index (χ1n) is 7.55. The van der Waals surface area contributed by atoms with Crippen molar-refractivity contribution >= 4 is 17.6 Å². The van der Waals surface area contributed by atoms with Crippen molar-refractivity contribution in [1.82, 2.24) is 0 Å². The molecule has 1 amide bonds. The van der Waals surface area contributed by atoms with Crippen LogP contribution in [0.4, 0.5) is 5.69 Å². The van der Waals surface area contributed by atoms with Gasteiger partial charge in [0.25, 0.3) is 5.91 Å². The minimum Gasteiger partial charge on any atom is -0.452 e. The summed E-state index contributed by atoms with van der Waals surface area (Å²) in [5.41, 5.74) is 1.17. The molecule has 0 aliphatic carbocycles. The summed E-state index contributed by atoms with van der Waals surface area (Å²) in [5, 5.41) is 17.6. The minimum atomic E-state index is -0.682. The highest BCUT2D eigenvalue weighted by Gasteiger charge is 2.18. The number of anilines is 1. The van der Waals surface area contributed by atoms with E-state index in [-0.39, 0.29) is 18.5 Å². The van der Waals surface area contributed by atoms with Crippen LogP contribution in [0.15, 0.2) is 54.6 Å². The third kappa shape index (κ3) is 4.92. The van der Waals surface area contributed by atoms with Gasteiger partial charge in [-0.25, -0.2) is 4.79 Å². The molecular weight excluding hydrogens is 318 g/mol. The molecule has 2 aromatic rings. The van der Waals surface area contributed by atoms with Crippen LogP contribution in [0.3, 0.4) is 0 Å². The number of nitrogens with zero attached hydrogens (tertiary/aromatic N) is 3. The van der Waals surface area contributed by atoms with Crippen LogP contribution in [0, 0.1) is 22.7 Å². The topological polar surface area (TPSA) is 94.2 Å². The van der Waals surface area contributed by atoms with Crippen LogP contribution >= 0.6 is 0 Å². The van der Waals surface area contributed by atoms with Gasteiger partial charge in [-0.05, 0) is 30.3 Å². The number of benzene rings is 2. The first-order chi connectivity index (χ1) is 12.2. The normalized spacial score (nSPS) is 9.52. The fourth-order valence-electron chi connectivity index (χ4n) is 2.17. The maximum atomic E-state index is 12.4. The molecule has 2 rings (SSSR count). The van der Waals surface area contributed by atoms with Gasteiger partial charge in [-0.15, -0.1) is 0 Å². The monoisotopic (exact) mass is 333 g/mol. The lowest BCUT2D eigenvalue weighted by Gasteiger charge is -2.21. The molecule has 2 aromatic carbocycles. The Morgan fingerprint density at radius 3 is 2.48 bits per heavy atom. The molecule has 0 heterocycles. The standard InChI is InChI=1S/C19H15N3O3/c20-10-5-11-22(17-8-2-1-3-9-17)18(23)14-25-19(24)16-7-4-6-15(12-16)13-21/h1-4,6-9,12H,5,11,14H2. The van der Waals surface area contributed by atoms with Gasteiger partial charge in [0, 0.05) is 12.2 Å². The van der Waals surface area contributed by atoms with Gasteiger partial charge in [-0.2, -0.15) is 10.5 Å². The number of esters is 1. The lowest BCUT2D eigenvalue weighted by molar-refractivity contribution is -0.121. The van der Waals surface area contributed by atoms with Gasteiger partial charge in [-0.3, -0.25) is 4.79 Å². The quantitative estimate of drug-likeness (QED) is 0.758. The molecule has 0 atom stereocenters. The number of hydrogen-bond acceptors (Lipinski definition) is 5. The van der Waals surface area contributed by atoms with Crippen molar-refractivity contribution in [2.45, 2.75) is 6.42 Å². The van der Waals surface area contributed by atoms with Crippen LogP contribution in [0.25, 0.3) is 0 Å². The average molecular weight is 333 g/mol. The lowest BCUT2D eigenvalue weighted by atomic mass is 10.1. The molecule has 0 saturated carbocycles. The Bertz CT molecular complexity index is 835. The highest BCUT2D eigenvalue weighted by Crippen LogP contribution is 2.14. The fourth-order valence-corrected chi connectivity index (χ4v) is 2.17. The number of amides is 1. The molecule has 0 aromatic heterocycles. The first kappa shape index (κ1) is 17.7. The second-order valence-corrected chi connectivity index (χ2v) is 5.06. The SMILES string of the molecule is N#CCCN(C(=O)COC(=O)c1cccc(C#N)c1)c1ccccc1. The smallest absolute Gasteiger partial charge is 0.338 e. The molecule has 0 fully saturated rings. The molecule has 0 N–H and O–H groups in total. The number of nitriles is 2. The number of rotatable bonds is 6. The molecule has 6 heteroatoms. The number of ether oxygens (including phenoxy) is 1.